The van der Waals surface area contributed by atoms with E-state index in [0.29, 0.717) is 18.8 Å². The highest BCUT2D eigenvalue weighted by molar-refractivity contribution is 5.74. The molecule has 0 aliphatic heterocycles. The highest BCUT2D eigenvalue weighted by Gasteiger charge is 2.42. The van der Waals surface area contributed by atoms with Gasteiger partial charge in [-0.15, -0.1) is 0 Å². The van der Waals surface area contributed by atoms with Crippen LogP contribution in [-0.2, 0) is 0 Å². The molecule has 2 aliphatic carbocycles. The molecule has 0 spiro atoms. The lowest BCUT2D eigenvalue weighted by atomic mass is 9.85. The number of rotatable bonds is 2. The van der Waals surface area contributed by atoms with Gasteiger partial charge in [0, 0.05) is 12.1 Å². The van der Waals surface area contributed by atoms with Crippen molar-refractivity contribution in [3.8, 4) is 0 Å². The highest BCUT2D eigenvalue weighted by atomic mass is 19.4. The average Bonchev–Trinajstić information content (AvgIpc) is 2.41. The molecule has 0 aromatic rings. The smallest absolute Gasteiger partial charge is 0.335 e. The summed E-state index contributed by atoms with van der Waals surface area (Å²) in [7, 11) is 0. The van der Waals surface area contributed by atoms with Crippen LogP contribution in [-0.4, -0.2) is 24.3 Å². The minimum Gasteiger partial charge on any atom is -0.335 e. The maximum atomic E-state index is 12.7. The van der Waals surface area contributed by atoms with Gasteiger partial charge in [-0.25, -0.2) is 4.79 Å². The normalized spacial score (nSPS) is 34.3. The second-order valence-electron chi connectivity index (χ2n) is 6.68. The number of amides is 2. The van der Waals surface area contributed by atoms with Gasteiger partial charge >= 0.3 is 12.2 Å². The molecule has 2 N–H and O–H groups in total. The van der Waals surface area contributed by atoms with Crippen LogP contribution in [0.25, 0.3) is 0 Å². The van der Waals surface area contributed by atoms with Gasteiger partial charge in [-0.1, -0.05) is 13.3 Å². The third-order valence-corrected chi connectivity index (χ3v) is 4.82. The molecule has 2 aliphatic rings. The topological polar surface area (TPSA) is 41.1 Å². The molecule has 21 heavy (non-hydrogen) atoms. The van der Waals surface area contributed by atoms with Crippen LogP contribution in [0.2, 0.25) is 0 Å². The quantitative estimate of drug-likeness (QED) is 0.796. The van der Waals surface area contributed by atoms with Gasteiger partial charge in [-0.3, -0.25) is 0 Å². The molecule has 0 bridgehead atoms. The summed E-state index contributed by atoms with van der Waals surface area (Å²) in [6.07, 6.45) is 1.35. The maximum Gasteiger partial charge on any atom is 0.391 e. The molecule has 0 saturated heterocycles. The number of carbonyl (C=O) groups is 1. The van der Waals surface area contributed by atoms with Crippen molar-refractivity contribution in [2.75, 3.05) is 0 Å². The first-order valence-electron chi connectivity index (χ1n) is 7.98. The summed E-state index contributed by atoms with van der Waals surface area (Å²) >= 11 is 0. The van der Waals surface area contributed by atoms with Crippen molar-refractivity contribution < 1.29 is 18.0 Å². The first kappa shape index (κ1) is 16.4. The molecule has 2 amide bonds. The van der Waals surface area contributed by atoms with E-state index in [0.717, 1.165) is 25.7 Å². The lowest BCUT2D eigenvalue weighted by molar-refractivity contribution is -0.183. The summed E-state index contributed by atoms with van der Waals surface area (Å²) in [6.45, 7) is 2.20. The Hall–Kier alpha value is -0.940. The average molecular weight is 306 g/mol. The molecule has 0 aromatic heterocycles. The minimum atomic E-state index is -4.14. The van der Waals surface area contributed by atoms with Crippen LogP contribution in [0.1, 0.15) is 58.3 Å². The van der Waals surface area contributed by atoms with Gasteiger partial charge in [0.2, 0.25) is 0 Å². The zero-order valence-corrected chi connectivity index (χ0v) is 12.5. The van der Waals surface area contributed by atoms with Crippen molar-refractivity contribution in [1.29, 1.82) is 0 Å². The van der Waals surface area contributed by atoms with Crippen molar-refractivity contribution in [2.45, 2.75) is 76.6 Å². The molecule has 3 nitrogen and oxygen atoms in total. The van der Waals surface area contributed by atoms with Crippen LogP contribution in [0.5, 0.6) is 0 Å². The van der Waals surface area contributed by atoms with E-state index in [9.17, 15) is 18.0 Å². The Morgan fingerprint density at radius 1 is 0.952 bits per heavy atom. The molecule has 2 fully saturated rings. The van der Waals surface area contributed by atoms with Gasteiger partial charge in [-0.05, 0) is 50.9 Å². The van der Waals surface area contributed by atoms with E-state index in [4.69, 9.17) is 0 Å². The van der Waals surface area contributed by atoms with Crippen LogP contribution >= 0.6 is 0 Å². The first-order valence-corrected chi connectivity index (χ1v) is 7.98. The molecule has 0 heterocycles. The number of urea groups is 1. The monoisotopic (exact) mass is 306 g/mol. The molecule has 0 aromatic carbocycles. The predicted octanol–water partition coefficient (Wildman–Crippen LogP) is 3.99. The lowest BCUT2D eigenvalue weighted by Gasteiger charge is -2.32. The van der Waals surface area contributed by atoms with Gasteiger partial charge in [0.15, 0.2) is 0 Å². The Labute approximate surface area is 124 Å². The second-order valence-corrected chi connectivity index (χ2v) is 6.68. The van der Waals surface area contributed by atoms with Crippen molar-refractivity contribution in [2.24, 2.45) is 11.8 Å². The summed E-state index contributed by atoms with van der Waals surface area (Å²) in [5, 5.41) is 5.64. The summed E-state index contributed by atoms with van der Waals surface area (Å²) < 4.78 is 38.2. The van der Waals surface area contributed by atoms with Crippen LogP contribution < -0.4 is 10.6 Å². The summed E-state index contributed by atoms with van der Waals surface area (Å²) in [6, 6.07) is -0.488. The number of halogens is 3. The largest absolute Gasteiger partial charge is 0.391 e. The number of hydrogen-bond donors (Lipinski definition) is 2. The Bertz CT molecular complexity index is 351. The van der Waals surface area contributed by atoms with Gasteiger partial charge in [0.1, 0.15) is 0 Å². The fourth-order valence-electron chi connectivity index (χ4n) is 3.44. The van der Waals surface area contributed by atoms with E-state index in [1.807, 2.05) is 0 Å². The van der Waals surface area contributed by atoms with Crippen LogP contribution in [0, 0.1) is 11.8 Å². The Kier molecular flexibility index (Phi) is 5.38. The van der Waals surface area contributed by atoms with Crippen LogP contribution in [0.15, 0.2) is 0 Å². The molecule has 122 valence electrons. The molecule has 2 saturated carbocycles. The first-order chi connectivity index (χ1) is 9.84. The van der Waals surface area contributed by atoms with Gasteiger partial charge in [-0.2, -0.15) is 13.2 Å². The zero-order valence-electron chi connectivity index (χ0n) is 12.5. The van der Waals surface area contributed by atoms with Crippen molar-refractivity contribution in [3.63, 3.8) is 0 Å². The molecule has 0 radical (unpaired) electrons. The standard InChI is InChI=1S/C15H25F3N2O/c1-10-5-7-12(8-6-10)19-14(21)20-13-4-2-3-11(9-13)15(16,17)18/h10-13H,2-9H2,1H3,(H2,19,20,21). The number of hydrogen-bond acceptors (Lipinski definition) is 1. The third kappa shape index (κ3) is 5.08. The summed E-state index contributed by atoms with van der Waals surface area (Å²) in [4.78, 5) is 11.9. The van der Waals surface area contributed by atoms with E-state index < -0.39 is 12.1 Å². The van der Waals surface area contributed by atoms with Gasteiger partial charge < -0.3 is 10.6 Å². The molecule has 6 heteroatoms. The van der Waals surface area contributed by atoms with E-state index in [1.54, 1.807) is 0 Å². The number of carbonyl (C=O) groups excluding carboxylic acids is 1. The van der Waals surface area contributed by atoms with Gasteiger partial charge in [0.05, 0.1) is 5.92 Å². The van der Waals surface area contributed by atoms with E-state index in [2.05, 4.69) is 17.6 Å². The fraction of sp³-hybridized carbons (Fsp3) is 0.933. The minimum absolute atomic E-state index is 0.0125. The molecular weight excluding hydrogens is 281 g/mol. The van der Waals surface area contributed by atoms with E-state index in [-0.39, 0.29) is 31.0 Å². The highest BCUT2D eigenvalue weighted by Crippen LogP contribution is 2.37. The van der Waals surface area contributed by atoms with Crippen LogP contribution in [0.4, 0.5) is 18.0 Å². The molecule has 2 atom stereocenters. The molecular formula is C15H25F3N2O. The molecule has 2 unspecified atom stereocenters. The summed E-state index contributed by atoms with van der Waals surface area (Å²) in [5.41, 5.74) is 0. The lowest BCUT2D eigenvalue weighted by Crippen LogP contribution is -2.49. The maximum absolute atomic E-state index is 12.7. The number of nitrogens with one attached hydrogen (secondary N) is 2. The second kappa shape index (κ2) is 6.88. The van der Waals surface area contributed by atoms with Crippen molar-refractivity contribution in [1.82, 2.24) is 10.6 Å². The zero-order chi connectivity index (χ0) is 15.5. The SMILES string of the molecule is CC1CCC(NC(=O)NC2CCCC(C(F)(F)F)C2)CC1. The fourth-order valence-corrected chi connectivity index (χ4v) is 3.44. The number of alkyl halides is 3. The Balaban J connectivity index is 1.74. The molecule has 2 rings (SSSR count). The van der Waals surface area contributed by atoms with Gasteiger partial charge in [0.25, 0.3) is 0 Å². The van der Waals surface area contributed by atoms with Crippen LogP contribution in [0.3, 0.4) is 0 Å². The predicted molar refractivity (Wildman–Crippen MR) is 74.9 cm³/mol. The van der Waals surface area contributed by atoms with E-state index >= 15 is 0 Å². The summed E-state index contributed by atoms with van der Waals surface area (Å²) in [5.74, 6) is -0.566. The van der Waals surface area contributed by atoms with E-state index in [1.165, 1.54) is 0 Å². The Morgan fingerprint density at radius 3 is 2.19 bits per heavy atom. The Morgan fingerprint density at radius 2 is 1.57 bits per heavy atom. The third-order valence-electron chi connectivity index (χ3n) is 4.82. The van der Waals surface area contributed by atoms with Crippen molar-refractivity contribution in [3.05, 3.63) is 0 Å². The van der Waals surface area contributed by atoms with Crippen molar-refractivity contribution >= 4 is 6.03 Å².